The van der Waals surface area contributed by atoms with Crippen LogP contribution in [-0.4, -0.2) is 34.4 Å². The van der Waals surface area contributed by atoms with Gasteiger partial charge in [0.2, 0.25) is 0 Å². The summed E-state index contributed by atoms with van der Waals surface area (Å²) in [5, 5.41) is 12.7. The van der Waals surface area contributed by atoms with Crippen LogP contribution >= 0.6 is 0 Å². The lowest BCUT2D eigenvalue weighted by Crippen LogP contribution is -3.12. The minimum absolute atomic E-state index is 0.0204. The molecule has 0 unspecified atom stereocenters. The third-order valence-electron chi connectivity index (χ3n) is 5.38. The SMILES string of the molecule is C=CCn1c([O-])c(C(CC)=NC2CC[NH+](Cc3ccccc3)CC2)c(=O)[nH]c1=O. The van der Waals surface area contributed by atoms with Crippen LogP contribution in [0.4, 0.5) is 0 Å². The standard InChI is InChI=1S/C22H28N4O3/c1-3-12-26-21(28)19(20(27)24-22(26)29)18(4-2)23-17-10-13-25(14-11-17)15-16-8-6-5-7-9-16/h3,5-9,17,28H,1,4,10-15H2,2H3,(H,24,27,29). The molecule has 1 saturated heterocycles. The second kappa shape index (κ2) is 9.52. The van der Waals surface area contributed by atoms with Crippen molar-refractivity contribution in [2.24, 2.45) is 4.99 Å². The van der Waals surface area contributed by atoms with E-state index in [2.05, 4.69) is 35.8 Å². The fourth-order valence-electron chi connectivity index (χ4n) is 3.86. The molecule has 2 N–H and O–H groups in total. The molecule has 0 bridgehead atoms. The monoisotopic (exact) mass is 396 g/mol. The van der Waals surface area contributed by atoms with E-state index in [9.17, 15) is 14.7 Å². The Kier molecular flexibility index (Phi) is 6.82. The van der Waals surface area contributed by atoms with E-state index in [1.807, 2.05) is 13.0 Å². The lowest BCUT2D eigenvalue weighted by Gasteiger charge is -2.28. The number of nitrogens with zero attached hydrogens (tertiary/aromatic N) is 2. The highest BCUT2D eigenvalue weighted by Crippen LogP contribution is 2.14. The van der Waals surface area contributed by atoms with Gasteiger partial charge in [0.05, 0.1) is 24.7 Å². The van der Waals surface area contributed by atoms with Crippen LogP contribution in [0.1, 0.15) is 37.3 Å². The van der Waals surface area contributed by atoms with Crippen molar-refractivity contribution in [3.8, 4) is 5.88 Å². The van der Waals surface area contributed by atoms with E-state index < -0.39 is 17.1 Å². The summed E-state index contributed by atoms with van der Waals surface area (Å²) >= 11 is 0. The van der Waals surface area contributed by atoms with Gasteiger partial charge < -0.3 is 14.6 Å². The predicted octanol–water partition coefficient (Wildman–Crippen LogP) is 0.243. The van der Waals surface area contributed by atoms with Crippen molar-refractivity contribution in [1.82, 2.24) is 9.55 Å². The van der Waals surface area contributed by atoms with E-state index in [1.54, 1.807) is 0 Å². The molecule has 2 heterocycles. The Bertz CT molecular complexity index is 983. The van der Waals surface area contributed by atoms with Gasteiger partial charge >= 0.3 is 5.69 Å². The van der Waals surface area contributed by atoms with Crippen LogP contribution in [0, 0.1) is 0 Å². The minimum Gasteiger partial charge on any atom is -0.859 e. The molecular formula is C22H28N4O3. The number of aromatic amines is 1. The Morgan fingerprint density at radius 2 is 2.00 bits per heavy atom. The van der Waals surface area contributed by atoms with Crippen LogP contribution < -0.4 is 21.3 Å². The van der Waals surface area contributed by atoms with Gasteiger partial charge in [-0.15, -0.1) is 6.58 Å². The molecule has 0 atom stereocenters. The molecule has 0 spiro atoms. The number of piperidine rings is 1. The molecule has 1 fully saturated rings. The smallest absolute Gasteiger partial charge is 0.328 e. The van der Waals surface area contributed by atoms with Crippen molar-refractivity contribution < 1.29 is 10.0 Å². The lowest BCUT2D eigenvalue weighted by molar-refractivity contribution is -0.918. The Morgan fingerprint density at radius 3 is 2.62 bits per heavy atom. The summed E-state index contributed by atoms with van der Waals surface area (Å²) in [6.07, 6.45) is 3.73. The third kappa shape index (κ3) is 4.92. The van der Waals surface area contributed by atoms with Gasteiger partial charge in [0, 0.05) is 30.7 Å². The van der Waals surface area contributed by atoms with E-state index in [1.165, 1.54) is 16.5 Å². The fraction of sp³-hybridized carbons (Fsp3) is 0.409. The van der Waals surface area contributed by atoms with Gasteiger partial charge in [-0.3, -0.25) is 14.8 Å². The first-order valence-corrected chi connectivity index (χ1v) is 10.1. The molecule has 2 aromatic rings. The van der Waals surface area contributed by atoms with Crippen LogP contribution in [-0.2, 0) is 13.1 Å². The summed E-state index contributed by atoms with van der Waals surface area (Å²) in [5.74, 6) is -0.591. The Balaban J connectivity index is 1.76. The van der Waals surface area contributed by atoms with Gasteiger partial charge in [-0.1, -0.05) is 43.3 Å². The maximum Gasteiger partial charge on any atom is 0.328 e. The van der Waals surface area contributed by atoms with Gasteiger partial charge in [-0.25, -0.2) is 4.79 Å². The average molecular weight is 396 g/mol. The fourth-order valence-corrected chi connectivity index (χ4v) is 3.86. The summed E-state index contributed by atoms with van der Waals surface area (Å²) in [6, 6.07) is 10.5. The molecule has 7 heteroatoms. The maximum atomic E-state index is 12.7. The highest BCUT2D eigenvalue weighted by Gasteiger charge is 2.23. The molecule has 0 saturated carbocycles. The molecular weight excluding hydrogens is 368 g/mol. The number of hydrogen-bond acceptors (Lipinski definition) is 4. The van der Waals surface area contributed by atoms with Crippen molar-refractivity contribution >= 4 is 5.71 Å². The molecule has 0 radical (unpaired) electrons. The first kappa shape index (κ1) is 20.8. The summed E-state index contributed by atoms with van der Waals surface area (Å²) in [5.41, 5.74) is 0.411. The number of nitrogens with one attached hydrogen (secondary N) is 2. The normalized spacial score (nSPS) is 19.8. The zero-order valence-corrected chi connectivity index (χ0v) is 16.8. The molecule has 1 aliphatic heterocycles. The van der Waals surface area contributed by atoms with E-state index in [4.69, 9.17) is 4.99 Å². The summed E-state index contributed by atoms with van der Waals surface area (Å²) < 4.78 is 0.988. The molecule has 1 aromatic carbocycles. The second-order valence-corrected chi connectivity index (χ2v) is 7.41. The molecule has 0 aliphatic carbocycles. The number of benzene rings is 1. The van der Waals surface area contributed by atoms with Crippen LogP contribution in [0.25, 0.3) is 0 Å². The number of H-pyrrole nitrogens is 1. The highest BCUT2D eigenvalue weighted by molar-refractivity contribution is 6.01. The number of hydrogen-bond donors (Lipinski definition) is 2. The number of rotatable bonds is 7. The Hall–Kier alpha value is -2.93. The van der Waals surface area contributed by atoms with Crippen LogP contribution in [0.5, 0.6) is 5.88 Å². The van der Waals surface area contributed by atoms with Crippen molar-refractivity contribution in [3.05, 3.63) is 75.0 Å². The summed E-state index contributed by atoms with van der Waals surface area (Å²) in [4.78, 5) is 32.8. The first-order valence-electron chi connectivity index (χ1n) is 10.1. The largest absolute Gasteiger partial charge is 0.859 e. The van der Waals surface area contributed by atoms with Crippen molar-refractivity contribution in [3.63, 3.8) is 0 Å². The van der Waals surface area contributed by atoms with Crippen molar-refractivity contribution in [2.75, 3.05) is 13.1 Å². The van der Waals surface area contributed by atoms with Crippen molar-refractivity contribution in [1.29, 1.82) is 0 Å². The van der Waals surface area contributed by atoms with Gasteiger partial charge in [-0.2, -0.15) is 0 Å². The number of aliphatic imine (C=N–C) groups is 1. The Morgan fingerprint density at radius 1 is 1.31 bits per heavy atom. The van der Waals surface area contributed by atoms with Crippen molar-refractivity contribution in [2.45, 2.75) is 45.3 Å². The van der Waals surface area contributed by atoms with Gasteiger partial charge in [0.15, 0.2) is 0 Å². The van der Waals surface area contributed by atoms with Gasteiger partial charge in [0.1, 0.15) is 6.54 Å². The van der Waals surface area contributed by atoms with Crippen LogP contribution in [0.15, 0.2) is 57.6 Å². The molecule has 0 amide bonds. The van der Waals surface area contributed by atoms with Crippen LogP contribution in [0.3, 0.4) is 0 Å². The quantitative estimate of drug-likeness (QED) is 0.519. The molecule has 29 heavy (non-hydrogen) atoms. The van der Waals surface area contributed by atoms with Gasteiger partial charge in [-0.05, 0) is 12.3 Å². The minimum atomic E-state index is -0.711. The second-order valence-electron chi connectivity index (χ2n) is 7.41. The molecule has 3 rings (SSSR count). The first-order chi connectivity index (χ1) is 14.0. The van der Waals surface area contributed by atoms with Gasteiger partial charge in [0.25, 0.3) is 5.56 Å². The average Bonchev–Trinajstić information content (AvgIpc) is 2.72. The highest BCUT2D eigenvalue weighted by atomic mass is 16.3. The molecule has 1 aliphatic rings. The molecule has 154 valence electrons. The van der Waals surface area contributed by atoms with E-state index >= 15 is 0 Å². The third-order valence-corrected chi connectivity index (χ3v) is 5.38. The van der Waals surface area contributed by atoms with E-state index in [-0.39, 0.29) is 18.2 Å². The molecule has 1 aromatic heterocycles. The maximum absolute atomic E-state index is 12.7. The zero-order valence-electron chi connectivity index (χ0n) is 16.8. The van der Waals surface area contributed by atoms with Crippen LogP contribution in [0.2, 0.25) is 0 Å². The zero-order chi connectivity index (χ0) is 20.8. The van der Waals surface area contributed by atoms with E-state index in [0.29, 0.717) is 12.1 Å². The summed E-state index contributed by atoms with van der Waals surface area (Å²) in [7, 11) is 0. The lowest BCUT2D eigenvalue weighted by atomic mass is 10.0. The Labute approximate surface area is 170 Å². The number of allylic oxidation sites excluding steroid dienone is 1. The number of aromatic nitrogens is 2. The topological polar surface area (TPSA) is 94.7 Å². The molecule has 7 nitrogen and oxygen atoms in total. The van der Waals surface area contributed by atoms with E-state index in [0.717, 1.165) is 37.0 Å². The number of likely N-dealkylation sites (tertiary alicyclic amines) is 1. The summed E-state index contributed by atoms with van der Waals surface area (Å²) in [6.45, 7) is 8.48. The number of quaternary nitrogens is 1. The predicted molar refractivity (Wildman–Crippen MR) is 112 cm³/mol.